The Morgan fingerprint density at radius 2 is 1.93 bits per heavy atom. The van der Waals surface area contributed by atoms with Crippen molar-refractivity contribution in [2.45, 2.75) is 38.2 Å². The van der Waals surface area contributed by atoms with Crippen molar-refractivity contribution in [3.8, 4) is 5.75 Å². The molecule has 82 valence electrons. The number of anilines is 1. The van der Waals surface area contributed by atoms with Gasteiger partial charge in [0.15, 0.2) is 0 Å². The van der Waals surface area contributed by atoms with E-state index in [9.17, 15) is 0 Å². The first-order valence-electron chi connectivity index (χ1n) is 5.47. The summed E-state index contributed by atoms with van der Waals surface area (Å²) in [6.45, 7) is 0. The lowest BCUT2D eigenvalue weighted by Crippen LogP contribution is -2.19. The van der Waals surface area contributed by atoms with Crippen molar-refractivity contribution in [2.24, 2.45) is 0 Å². The molecule has 0 saturated heterocycles. The van der Waals surface area contributed by atoms with Gasteiger partial charge in [-0.3, -0.25) is 0 Å². The summed E-state index contributed by atoms with van der Waals surface area (Å²) in [5.74, 6) is 0.913. The average molecular weight is 270 g/mol. The van der Waals surface area contributed by atoms with Gasteiger partial charge < -0.3 is 10.5 Å². The molecule has 0 aromatic heterocycles. The molecule has 2 nitrogen and oxygen atoms in total. The monoisotopic (exact) mass is 269 g/mol. The van der Waals surface area contributed by atoms with E-state index < -0.39 is 0 Å². The maximum atomic E-state index is 5.94. The summed E-state index contributed by atoms with van der Waals surface area (Å²) in [5, 5.41) is 0. The third-order valence-corrected chi connectivity index (χ3v) is 3.42. The van der Waals surface area contributed by atoms with Crippen molar-refractivity contribution >= 4 is 21.6 Å². The standard InChI is InChI=1S/C12H16BrNO/c13-11-8-9(14)6-7-12(11)15-10-4-2-1-3-5-10/h6-8,10H,1-5,14H2. The van der Waals surface area contributed by atoms with Crippen LogP contribution in [-0.2, 0) is 0 Å². The molecule has 3 heteroatoms. The largest absolute Gasteiger partial charge is 0.489 e. The van der Waals surface area contributed by atoms with E-state index in [-0.39, 0.29) is 0 Å². The molecule has 1 aromatic carbocycles. The Labute approximate surface area is 98.9 Å². The number of benzene rings is 1. The molecular weight excluding hydrogens is 254 g/mol. The fraction of sp³-hybridized carbons (Fsp3) is 0.500. The second-order valence-corrected chi connectivity index (χ2v) is 4.92. The fourth-order valence-electron chi connectivity index (χ4n) is 1.98. The van der Waals surface area contributed by atoms with Crippen molar-refractivity contribution in [1.29, 1.82) is 0 Å². The first-order valence-corrected chi connectivity index (χ1v) is 6.27. The highest BCUT2D eigenvalue weighted by Gasteiger charge is 2.15. The molecule has 15 heavy (non-hydrogen) atoms. The molecular formula is C12H16BrNO. The van der Waals surface area contributed by atoms with Gasteiger partial charge in [0.2, 0.25) is 0 Å². The molecule has 1 aromatic rings. The third-order valence-electron chi connectivity index (χ3n) is 2.80. The van der Waals surface area contributed by atoms with Gasteiger partial charge in [-0.05, 0) is 59.8 Å². The van der Waals surface area contributed by atoms with E-state index in [0.717, 1.165) is 15.9 Å². The molecule has 0 unspecified atom stereocenters. The zero-order valence-corrected chi connectivity index (χ0v) is 10.3. The molecule has 2 N–H and O–H groups in total. The number of nitrogens with two attached hydrogens (primary N) is 1. The number of halogens is 1. The highest BCUT2D eigenvalue weighted by atomic mass is 79.9. The molecule has 0 bridgehead atoms. The average Bonchev–Trinajstić information content (AvgIpc) is 2.24. The van der Waals surface area contributed by atoms with Crippen molar-refractivity contribution < 1.29 is 4.74 Å². The number of rotatable bonds is 2. The van der Waals surface area contributed by atoms with Gasteiger partial charge in [-0.15, -0.1) is 0 Å². The third kappa shape index (κ3) is 2.88. The Morgan fingerprint density at radius 3 is 2.60 bits per heavy atom. The minimum atomic E-state index is 0.388. The van der Waals surface area contributed by atoms with E-state index in [1.165, 1.54) is 32.1 Å². The molecule has 1 saturated carbocycles. The first kappa shape index (κ1) is 10.8. The van der Waals surface area contributed by atoms with Crippen molar-refractivity contribution in [2.75, 3.05) is 5.73 Å². The van der Waals surface area contributed by atoms with E-state index in [1.54, 1.807) is 0 Å². The molecule has 0 radical (unpaired) electrons. The zero-order valence-electron chi connectivity index (χ0n) is 8.71. The van der Waals surface area contributed by atoms with Crippen LogP contribution in [0.5, 0.6) is 5.75 Å². The number of hydrogen-bond acceptors (Lipinski definition) is 2. The summed E-state index contributed by atoms with van der Waals surface area (Å²) in [5.41, 5.74) is 6.44. The molecule has 0 atom stereocenters. The molecule has 0 amide bonds. The maximum Gasteiger partial charge on any atom is 0.134 e. The number of ether oxygens (including phenoxy) is 1. The van der Waals surface area contributed by atoms with Crippen molar-refractivity contribution in [3.63, 3.8) is 0 Å². The van der Waals surface area contributed by atoms with Crippen LogP contribution in [0.4, 0.5) is 5.69 Å². The van der Waals surface area contributed by atoms with Gasteiger partial charge in [0.05, 0.1) is 10.6 Å². The first-order chi connectivity index (χ1) is 7.25. The van der Waals surface area contributed by atoms with Gasteiger partial charge in [-0.25, -0.2) is 0 Å². The molecule has 0 spiro atoms. The van der Waals surface area contributed by atoms with Crippen LogP contribution >= 0.6 is 15.9 Å². The van der Waals surface area contributed by atoms with Gasteiger partial charge in [-0.1, -0.05) is 6.42 Å². The predicted octanol–water partition coefficient (Wildman–Crippen LogP) is 3.74. The molecule has 2 rings (SSSR count). The SMILES string of the molecule is Nc1ccc(OC2CCCCC2)c(Br)c1. The van der Waals surface area contributed by atoms with Crippen LogP contribution in [0.2, 0.25) is 0 Å². The van der Waals surface area contributed by atoms with Gasteiger partial charge >= 0.3 is 0 Å². The van der Waals surface area contributed by atoms with Crippen LogP contribution < -0.4 is 10.5 Å². The number of hydrogen-bond donors (Lipinski definition) is 1. The topological polar surface area (TPSA) is 35.2 Å². The van der Waals surface area contributed by atoms with Gasteiger partial charge in [0.25, 0.3) is 0 Å². The second-order valence-electron chi connectivity index (χ2n) is 4.07. The van der Waals surface area contributed by atoms with Crippen LogP contribution in [0.15, 0.2) is 22.7 Å². The zero-order chi connectivity index (χ0) is 10.7. The summed E-state index contributed by atoms with van der Waals surface area (Å²) in [4.78, 5) is 0. The fourth-order valence-corrected chi connectivity index (χ4v) is 2.47. The Hall–Kier alpha value is -0.700. The van der Waals surface area contributed by atoms with Crippen LogP contribution in [0.3, 0.4) is 0 Å². The van der Waals surface area contributed by atoms with Crippen LogP contribution in [0.1, 0.15) is 32.1 Å². The molecule has 0 heterocycles. The minimum Gasteiger partial charge on any atom is -0.489 e. The molecule has 1 fully saturated rings. The van der Waals surface area contributed by atoms with Crippen LogP contribution in [0.25, 0.3) is 0 Å². The number of nitrogen functional groups attached to an aromatic ring is 1. The van der Waals surface area contributed by atoms with Crippen LogP contribution in [-0.4, -0.2) is 6.10 Å². The van der Waals surface area contributed by atoms with E-state index in [0.29, 0.717) is 6.10 Å². The van der Waals surface area contributed by atoms with E-state index >= 15 is 0 Å². The van der Waals surface area contributed by atoms with E-state index in [1.807, 2.05) is 18.2 Å². The van der Waals surface area contributed by atoms with Crippen molar-refractivity contribution in [1.82, 2.24) is 0 Å². The predicted molar refractivity (Wildman–Crippen MR) is 66.1 cm³/mol. The molecule has 1 aliphatic rings. The Bertz CT molecular complexity index is 334. The van der Waals surface area contributed by atoms with Crippen molar-refractivity contribution in [3.05, 3.63) is 22.7 Å². The van der Waals surface area contributed by atoms with Gasteiger partial charge in [0, 0.05) is 5.69 Å². The smallest absolute Gasteiger partial charge is 0.134 e. The summed E-state index contributed by atoms with van der Waals surface area (Å²) in [6.07, 6.45) is 6.67. The summed E-state index contributed by atoms with van der Waals surface area (Å²) in [6, 6.07) is 5.70. The normalized spacial score (nSPS) is 17.7. The lowest BCUT2D eigenvalue weighted by atomic mass is 9.98. The Morgan fingerprint density at radius 1 is 1.20 bits per heavy atom. The van der Waals surface area contributed by atoms with E-state index in [2.05, 4.69) is 15.9 Å². The van der Waals surface area contributed by atoms with Crippen LogP contribution in [0, 0.1) is 0 Å². The lowest BCUT2D eigenvalue weighted by molar-refractivity contribution is 0.154. The lowest BCUT2D eigenvalue weighted by Gasteiger charge is -2.23. The highest BCUT2D eigenvalue weighted by Crippen LogP contribution is 2.30. The second kappa shape index (κ2) is 4.88. The Balaban J connectivity index is 2.03. The molecule has 0 aliphatic heterocycles. The summed E-state index contributed by atoms with van der Waals surface area (Å²) < 4.78 is 6.89. The Kier molecular flexibility index (Phi) is 3.52. The highest BCUT2D eigenvalue weighted by molar-refractivity contribution is 9.10. The van der Waals surface area contributed by atoms with Gasteiger partial charge in [0.1, 0.15) is 5.75 Å². The summed E-state index contributed by atoms with van der Waals surface area (Å²) >= 11 is 3.47. The minimum absolute atomic E-state index is 0.388. The maximum absolute atomic E-state index is 5.94. The summed E-state index contributed by atoms with van der Waals surface area (Å²) in [7, 11) is 0. The quantitative estimate of drug-likeness (QED) is 0.831. The van der Waals surface area contributed by atoms with E-state index in [4.69, 9.17) is 10.5 Å². The van der Waals surface area contributed by atoms with Gasteiger partial charge in [-0.2, -0.15) is 0 Å². The molecule has 1 aliphatic carbocycles.